The molecule has 0 saturated heterocycles. The summed E-state index contributed by atoms with van der Waals surface area (Å²) in [6.07, 6.45) is 1.53. The minimum Gasteiger partial charge on any atom is -0.486 e. The molecule has 1 heterocycles. The van der Waals surface area contributed by atoms with Gasteiger partial charge >= 0.3 is 0 Å². The van der Waals surface area contributed by atoms with E-state index >= 15 is 0 Å². The van der Waals surface area contributed by atoms with Crippen LogP contribution in [0.2, 0.25) is 5.02 Å². The van der Waals surface area contributed by atoms with E-state index in [1.54, 1.807) is 18.2 Å². The SMILES string of the molecule is Cc1csc(NN=Cc2ccc(OCc3ccccc3Cl)c(F)c2)n1. The number of nitrogens with zero attached hydrogens (tertiary/aromatic N) is 2. The third-order valence-electron chi connectivity index (χ3n) is 3.29. The van der Waals surface area contributed by atoms with Gasteiger partial charge in [0.15, 0.2) is 11.6 Å². The van der Waals surface area contributed by atoms with Gasteiger partial charge in [0.2, 0.25) is 5.13 Å². The second-order valence-corrected chi connectivity index (χ2v) is 6.50. The van der Waals surface area contributed by atoms with E-state index < -0.39 is 5.82 Å². The first-order chi connectivity index (χ1) is 12.1. The summed E-state index contributed by atoms with van der Waals surface area (Å²) in [5.74, 6) is -0.290. The summed E-state index contributed by atoms with van der Waals surface area (Å²) in [6, 6.07) is 12.0. The molecule has 1 aromatic heterocycles. The Morgan fingerprint density at radius 2 is 2.16 bits per heavy atom. The predicted octanol–water partition coefficient (Wildman–Crippen LogP) is 5.27. The van der Waals surface area contributed by atoms with Crippen molar-refractivity contribution in [3.63, 3.8) is 0 Å². The van der Waals surface area contributed by atoms with Crippen LogP contribution in [0.4, 0.5) is 9.52 Å². The summed E-state index contributed by atoms with van der Waals surface area (Å²) in [5, 5.41) is 7.25. The molecule has 3 aromatic rings. The molecule has 0 saturated carbocycles. The zero-order chi connectivity index (χ0) is 17.6. The molecule has 0 aliphatic rings. The minimum absolute atomic E-state index is 0.167. The molecule has 0 bridgehead atoms. The summed E-state index contributed by atoms with van der Waals surface area (Å²) in [4.78, 5) is 4.22. The number of aryl methyl sites for hydroxylation is 1. The van der Waals surface area contributed by atoms with Crippen molar-refractivity contribution in [3.8, 4) is 5.75 Å². The van der Waals surface area contributed by atoms with E-state index in [1.807, 2.05) is 30.5 Å². The molecule has 25 heavy (non-hydrogen) atoms. The number of anilines is 1. The number of ether oxygens (including phenoxy) is 1. The number of aromatic nitrogens is 1. The molecule has 0 amide bonds. The zero-order valence-corrected chi connectivity index (χ0v) is 14.9. The Morgan fingerprint density at radius 3 is 2.88 bits per heavy atom. The largest absolute Gasteiger partial charge is 0.486 e. The first-order valence-electron chi connectivity index (χ1n) is 7.49. The lowest BCUT2D eigenvalue weighted by Crippen LogP contribution is -1.99. The standard InChI is InChI=1S/C18H15ClFN3OS/c1-12-11-25-18(22-12)23-21-9-13-6-7-17(16(20)8-13)24-10-14-4-2-3-5-15(14)19/h2-9,11H,10H2,1H3,(H,22,23). The molecule has 0 unspecified atom stereocenters. The molecule has 0 aliphatic heterocycles. The lowest BCUT2D eigenvalue weighted by Gasteiger charge is -2.09. The Balaban J connectivity index is 1.61. The first-order valence-corrected chi connectivity index (χ1v) is 8.74. The molecule has 0 radical (unpaired) electrons. The number of hydrogen-bond donors (Lipinski definition) is 1. The summed E-state index contributed by atoms with van der Waals surface area (Å²) >= 11 is 7.52. The average Bonchev–Trinajstić information content (AvgIpc) is 3.01. The normalized spacial score (nSPS) is 11.0. The lowest BCUT2D eigenvalue weighted by molar-refractivity contribution is 0.290. The van der Waals surface area contributed by atoms with Crippen molar-refractivity contribution in [2.24, 2.45) is 5.10 Å². The number of hydrogen-bond acceptors (Lipinski definition) is 5. The Bertz CT molecular complexity index is 898. The topological polar surface area (TPSA) is 46.5 Å². The number of nitrogens with one attached hydrogen (secondary N) is 1. The van der Waals surface area contributed by atoms with Crippen LogP contribution in [0, 0.1) is 12.7 Å². The molecule has 1 N–H and O–H groups in total. The monoisotopic (exact) mass is 375 g/mol. The van der Waals surface area contributed by atoms with Crippen LogP contribution in [0.1, 0.15) is 16.8 Å². The van der Waals surface area contributed by atoms with Crippen molar-refractivity contribution in [3.05, 3.63) is 75.5 Å². The smallest absolute Gasteiger partial charge is 0.203 e. The van der Waals surface area contributed by atoms with Crippen molar-refractivity contribution in [1.29, 1.82) is 0 Å². The molecule has 3 rings (SSSR count). The van der Waals surface area contributed by atoms with Crippen LogP contribution < -0.4 is 10.2 Å². The van der Waals surface area contributed by atoms with E-state index in [2.05, 4.69) is 15.5 Å². The van der Waals surface area contributed by atoms with Gasteiger partial charge in [0, 0.05) is 16.0 Å². The number of benzene rings is 2. The van der Waals surface area contributed by atoms with Gasteiger partial charge in [-0.2, -0.15) is 5.10 Å². The van der Waals surface area contributed by atoms with E-state index in [1.165, 1.54) is 23.6 Å². The fourth-order valence-corrected chi connectivity index (χ4v) is 2.88. The van der Waals surface area contributed by atoms with Crippen molar-refractivity contribution in [2.75, 3.05) is 5.43 Å². The number of rotatable bonds is 6. The van der Waals surface area contributed by atoms with Gasteiger partial charge in [-0.05, 0) is 36.8 Å². The lowest BCUT2D eigenvalue weighted by atomic mass is 10.2. The van der Waals surface area contributed by atoms with Crippen LogP contribution in [-0.4, -0.2) is 11.2 Å². The quantitative estimate of drug-likeness (QED) is 0.471. The highest BCUT2D eigenvalue weighted by Crippen LogP contribution is 2.22. The van der Waals surface area contributed by atoms with Gasteiger partial charge in [0.25, 0.3) is 0 Å². The van der Waals surface area contributed by atoms with Crippen LogP contribution in [-0.2, 0) is 6.61 Å². The molecular weight excluding hydrogens is 361 g/mol. The molecule has 0 atom stereocenters. The number of halogens is 2. The van der Waals surface area contributed by atoms with Gasteiger partial charge < -0.3 is 4.74 Å². The maximum Gasteiger partial charge on any atom is 0.203 e. The van der Waals surface area contributed by atoms with Gasteiger partial charge in [-0.15, -0.1) is 11.3 Å². The number of thiazole rings is 1. The van der Waals surface area contributed by atoms with E-state index in [0.717, 1.165) is 11.3 Å². The van der Waals surface area contributed by atoms with Crippen molar-refractivity contribution in [2.45, 2.75) is 13.5 Å². The van der Waals surface area contributed by atoms with Crippen molar-refractivity contribution in [1.82, 2.24) is 4.98 Å². The summed E-state index contributed by atoms with van der Waals surface area (Å²) in [5.41, 5.74) is 5.15. The van der Waals surface area contributed by atoms with Gasteiger partial charge in [-0.3, -0.25) is 5.43 Å². The fourth-order valence-electron chi connectivity index (χ4n) is 2.05. The molecule has 128 valence electrons. The Hall–Kier alpha value is -2.44. The Kier molecular flexibility index (Phi) is 5.63. The zero-order valence-electron chi connectivity index (χ0n) is 13.4. The van der Waals surface area contributed by atoms with Crippen LogP contribution in [0.3, 0.4) is 0 Å². The average molecular weight is 376 g/mol. The molecule has 4 nitrogen and oxygen atoms in total. The molecule has 0 fully saturated rings. The van der Waals surface area contributed by atoms with Gasteiger partial charge in [-0.1, -0.05) is 29.8 Å². The van der Waals surface area contributed by atoms with Crippen LogP contribution in [0.15, 0.2) is 52.9 Å². The Morgan fingerprint density at radius 1 is 1.32 bits per heavy atom. The third kappa shape index (κ3) is 4.78. The summed E-state index contributed by atoms with van der Waals surface area (Å²) in [7, 11) is 0. The third-order valence-corrected chi connectivity index (χ3v) is 4.52. The van der Waals surface area contributed by atoms with Gasteiger partial charge in [-0.25, -0.2) is 9.37 Å². The minimum atomic E-state index is -0.457. The predicted molar refractivity (Wildman–Crippen MR) is 100 cm³/mol. The number of hydrazone groups is 1. The van der Waals surface area contributed by atoms with E-state index in [-0.39, 0.29) is 12.4 Å². The molecule has 7 heteroatoms. The van der Waals surface area contributed by atoms with Crippen LogP contribution in [0.25, 0.3) is 0 Å². The fraction of sp³-hybridized carbons (Fsp3) is 0.111. The highest BCUT2D eigenvalue weighted by Gasteiger charge is 2.06. The van der Waals surface area contributed by atoms with E-state index in [4.69, 9.17) is 16.3 Å². The molecule has 2 aromatic carbocycles. The summed E-state index contributed by atoms with van der Waals surface area (Å²) in [6.45, 7) is 2.11. The van der Waals surface area contributed by atoms with Gasteiger partial charge in [0.1, 0.15) is 6.61 Å². The Labute approximate surface area is 153 Å². The molecular formula is C18H15ClFN3OS. The molecule has 0 aliphatic carbocycles. The van der Waals surface area contributed by atoms with Crippen LogP contribution in [0.5, 0.6) is 5.75 Å². The van der Waals surface area contributed by atoms with E-state index in [9.17, 15) is 4.39 Å². The summed E-state index contributed by atoms with van der Waals surface area (Å²) < 4.78 is 19.7. The second kappa shape index (κ2) is 8.09. The van der Waals surface area contributed by atoms with Crippen molar-refractivity contribution >= 4 is 34.3 Å². The van der Waals surface area contributed by atoms with Crippen molar-refractivity contribution < 1.29 is 9.13 Å². The van der Waals surface area contributed by atoms with E-state index in [0.29, 0.717) is 15.7 Å². The van der Waals surface area contributed by atoms with Crippen LogP contribution >= 0.6 is 22.9 Å². The highest BCUT2D eigenvalue weighted by molar-refractivity contribution is 7.13. The maximum absolute atomic E-state index is 14.2. The van der Waals surface area contributed by atoms with Gasteiger partial charge in [0.05, 0.1) is 11.9 Å². The highest BCUT2D eigenvalue weighted by atomic mass is 35.5. The molecule has 0 spiro atoms. The maximum atomic E-state index is 14.2. The first kappa shape index (κ1) is 17.4. The second-order valence-electron chi connectivity index (χ2n) is 5.23.